The van der Waals surface area contributed by atoms with Gasteiger partial charge in [-0.1, -0.05) is 42.5 Å². The van der Waals surface area contributed by atoms with Gasteiger partial charge in [0.25, 0.3) is 0 Å². The molecule has 0 spiro atoms. The summed E-state index contributed by atoms with van der Waals surface area (Å²) >= 11 is 0. The van der Waals surface area contributed by atoms with Crippen molar-refractivity contribution in [2.75, 3.05) is 20.8 Å². The second-order valence-electron chi connectivity index (χ2n) is 12.4. The van der Waals surface area contributed by atoms with E-state index in [1.54, 1.807) is 6.07 Å². The molecule has 0 heterocycles. The highest BCUT2D eigenvalue weighted by molar-refractivity contribution is 6.02. The van der Waals surface area contributed by atoms with Crippen LogP contribution in [-0.4, -0.2) is 49.1 Å². The van der Waals surface area contributed by atoms with Crippen LogP contribution in [-0.2, 0) is 30.9 Å². The highest BCUT2D eigenvalue weighted by Crippen LogP contribution is 2.61. The Morgan fingerprint density at radius 1 is 0.825 bits per heavy atom. The van der Waals surface area contributed by atoms with E-state index in [0.29, 0.717) is 12.0 Å². The number of aliphatic hydroxyl groups excluding tert-OH is 2. The quantitative estimate of drug-likeness (QED) is 0.296. The van der Waals surface area contributed by atoms with E-state index in [4.69, 9.17) is 9.47 Å². The molecule has 0 aliphatic heterocycles. The van der Waals surface area contributed by atoms with Crippen molar-refractivity contribution in [2.45, 2.75) is 62.4 Å². The summed E-state index contributed by atoms with van der Waals surface area (Å²) in [5.74, 6) is -0.000768. The summed E-state index contributed by atoms with van der Waals surface area (Å²) in [6, 6.07) is 18.4. The summed E-state index contributed by atoms with van der Waals surface area (Å²) in [4.78, 5) is 24.6. The molecule has 210 valence electrons. The third-order valence-corrected chi connectivity index (χ3v) is 9.79. The number of hydrogen-bond donors (Lipinski definition) is 2. The van der Waals surface area contributed by atoms with Crippen molar-refractivity contribution in [3.05, 3.63) is 71.3 Å². The summed E-state index contributed by atoms with van der Waals surface area (Å²) < 4.78 is 9.70. The first-order valence-corrected chi connectivity index (χ1v) is 14.4. The van der Waals surface area contributed by atoms with Crippen LogP contribution in [0.4, 0.5) is 0 Å². The van der Waals surface area contributed by atoms with Gasteiger partial charge in [0.1, 0.15) is 0 Å². The molecular weight excluding hydrogens is 504 g/mol. The van der Waals surface area contributed by atoms with E-state index in [0.717, 1.165) is 45.2 Å². The molecule has 3 aromatic carbocycles. The van der Waals surface area contributed by atoms with Crippen LogP contribution in [0.5, 0.6) is 0 Å². The van der Waals surface area contributed by atoms with Gasteiger partial charge in [-0.15, -0.1) is 0 Å². The standard InChI is InChI=1S/C34H38O6/c1-39-32(37)31(33(38)40-2)28-8-6-23-12-24(3-4-25(23)13-28)26-5-7-27(14-29(36)19-35)30(15-26)34-16-20-9-21(17-34)11-22(10-20)18-34/h3-8,12-13,15,20-22,29,31,35-36H,9-11,14,16-19H2,1-2H3. The first-order chi connectivity index (χ1) is 19.3. The number of methoxy groups -OCH3 is 2. The van der Waals surface area contributed by atoms with Crippen LogP contribution in [0.25, 0.3) is 21.9 Å². The first kappa shape index (κ1) is 27.0. The maximum atomic E-state index is 12.3. The second kappa shape index (κ2) is 10.6. The van der Waals surface area contributed by atoms with Crippen LogP contribution in [0.1, 0.15) is 61.1 Å². The maximum Gasteiger partial charge on any atom is 0.324 e. The number of rotatable bonds is 8. The van der Waals surface area contributed by atoms with Gasteiger partial charge in [0.2, 0.25) is 0 Å². The first-order valence-electron chi connectivity index (χ1n) is 14.4. The van der Waals surface area contributed by atoms with Gasteiger partial charge in [-0.2, -0.15) is 0 Å². The Hall–Kier alpha value is -3.22. The molecule has 4 aliphatic carbocycles. The largest absolute Gasteiger partial charge is 0.468 e. The Labute approximate surface area is 235 Å². The van der Waals surface area contributed by atoms with Gasteiger partial charge < -0.3 is 19.7 Å². The number of carbonyl (C=O) groups is 2. The monoisotopic (exact) mass is 542 g/mol. The Balaban J connectivity index is 1.38. The fourth-order valence-electron chi connectivity index (χ4n) is 8.41. The Kier molecular flexibility index (Phi) is 7.18. The number of ether oxygens (including phenoxy) is 2. The van der Waals surface area contributed by atoms with Gasteiger partial charge in [0, 0.05) is 6.42 Å². The topological polar surface area (TPSA) is 93.1 Å². The normalized spacial score (nSPS) is 25.8. The minimum atomic E-state index is -1.12. The zero-order valence-electron chi connectivity index (χ0n) is 23.3. The van der Waals surface area contributed by atoms with Crippen molar-refractivity contribution < 1.29 is 29.3 Å². The molecule has 1 unspecified atom stereocenters. The van der Waals surface area contributed by atoms with Gasteiger partial charge >= 0.3 is 11.9 Å². The van der Waals surface area contributed by atoms with Crippen molar-refractivity contribution in [1.29, 1.82) is 0 Å². The fraction of sp³-hybridized carbons (Fsp3) is 0.471. The molecule has 3 aromatic rings. The molecule has 4 saturated carbocycles. The molecular formula is C34H38O6. The lowest BCUT2D eigenvalue weighted by atomic mass is 9.47. The third kappa shape index (κ3) is 4.82. The minimum Gasteiger partial charge on any atom is -0.468 e. The van der Waals surface area contributed by atoms with E-state index in [2.05, 4.69) is 30.3 Å². The third-order valence-electron chi connectivity index (χ3n) is 9.79. The fourth-order valence-corrected chi connectivity index (χ4v) is 8.41. The summed E-state index contributed by atoms with van der Waals surface area (Å²) in [5.41, 5.74) is 5.46. The van der Waals surface area contributed by atoms with E-state index in [-0.39, 0.29) is 12.0 Å². The van der Waals surface area contributed by atoms with Gasteiger partial charge in [0.15, 0.2) is 5.92 Å². The lowest BCUT2D eigenvalue weighted by molar-refractivity contribution is -0.154. The van der Waals surface area contributed by atoms with Gasteiger partial charge in [0.05, 0.1) is 26.9 Å². The summed E-state index contributed by atoms with van der Waals surface area (Å²) in [6.45, 7) is -0.235. The van der Waals surface area contributed by atoms with Crippen molar-refractivity contribution in [3.63, 3.8) is 0 Å². The summed E-state index contributed by atoms with van der Waals surface area (Å²) in [7, 11) is 2.53. The predicted octanol–water partition coefficient (Wildman–Crippen LogP) is 5.30. The van der Waals surface area contributed by atoms with Crippen LogP contribution in [0.2, 0.25) is 0 Å². The van der Waals surface area contributed by atoms with E-state index >= 15 is 0 Å². The van der Waals surface area contributed by atoms with Crippen molar-refractivity contribution in [1.82, 2.24) is 0 Å². The Morgan fingerprint density at radius 3 is 1.98 bits per heavy atom. The Bertz CT molecular complexity index is 1390. The number of esters is 2. The van der Waals surface area contributed by atoms with E-state index in [1.165, 1.54) is 58.3 Å². The highest BCUT2D eigenvalue weighted by Gasteiger charge is 2.52. The predicted molar refractivity (Wildman–Crippen MR) is 153 cm³/mol. The molecule has 4 aliphatic rings. The average molecular weight is 543 g/mol. The van der Waals surface area contributed by atoms with Crippen LogP contribution in [0, 0.1) is 17.8 Å². The molecule has 6 heteroatoms. The second-order valence-corrected chi connectivity index (χ2v) is 12.4. The lowest BCUT2D eigenvalue weighted by Gasteiger charge is -2.57. The smallest absolute Gasteiger partial charge is 0.324 e. The number of fused-ring (bicyclic) bond motifs is 1. The zero-order valence-corrected chi connectivity index (χ0v) is 23.3. The average Bonchev–Trinajstić information content (AvgIpc) is 2.96. The molecule has 4 bridgehead atoms. The summed E-state index contributed by atoms with van der Waals surface area (Å²) in [5, 5.41) is 21.9. The van der Waals surface area contributed by atoms with Gasteiger partial charge in [-0.05, 0) is 112 Å². The van der Waals surface area contributed by atoms with Crippen molar-refractivity contribution >= 4 is 22.7 Å². The number of hydrogen-bond acceptors (Lipinski definition) is 6. The van der Waals surface area contributed by atoms with E-state index < -0.39 is 24.0 Å². The summed E-state index contributed by atoms with van der Waals surface area (Å²) in [6.07, 6.45) is 7.50. The van der Waals surface area contributed by atoms with Gasteiger partial charge in [-0.3, -0.25) is 9.59 Å². The van der Waals surface area contributed by atoms with Crippen LogP contribution < -0.4 is 0 Å². The van der Waals surface area contributed by atoms with Crippen molar-refractivity contribution in [2.24, 2.45) is 17.8 Å². The molecule has 7 rings (SSSR count). The lowest BCUT2D eigenvalue weighted by Crippen LogP contribution is -2.49. The highest BCUT2D eigenvalue weighted by atomic mass is 16.5. The van der Waals surface area contributed by atoms with E-state index in [9.17, 15) is 19.8 Å². The van der Waals surface area contributed by atoms with Crippen LogP contribution in [0.3, 0.4) is 0 Å². The maximum absolute atomic E-state index is 12.3. The minimum absolute atomic E-state index is 0.164. The zero-order chi connectivity index (χ0) is 28.0. The Morgan fingerprint density at radius 2 is 1.38 bits per heavy atom. The molecule has 4 fully saturated rings. The van der Waals surface area contributed by atoms with Crippen molar-refractivity contribution in [3.8, 4) is 11.1 Å². The van der Waals surface area contributed by atoms with Crippen LogP contribution in [0.15, 0.2) is 54.6 Å². The molecule has 0 amide bonds. The van der Waals surface area contributed by atoms with Gasteiger partial charge in [-0.25, -0.2) is 0 Å². The number of aliphatic hydroxyl groups is 2. The van der Waals surface area contributed by atoms with Crippen LogP contribution >= 0.6 is 0 Å². The number of benzene rings is 3. The van der Waals surface area contributed by atoms with E-state index in [1.807, 2.05) is 18.2 Å². The number of carbonyl (C=O) groups excluding carboxylic acids is 2. The molecule has 6 nitrogen and oxygen atoms in total. The molecule has 0 aromatic heterocycles. The molecule has 40 heavy (non-hydrogen) atoms. The molecule has 0 saturated heterocycles. The SMILES string of the molecule is COC(=O)C(C(=O)OC)c1ccc2cc(-c3ccc(CC(O)CO)c(C45CC6CC(CC(C6)C4)C5)c3)ccc2c1. The molecule has 2 N–H and O–H groups in total. The molecule has 0 radical (unpaired) electrons. The molecule has 1 atom stereocenters.